The molecule has 5 heteroatoms. The van der Waals surface area contributed by atoms with E-state index in [0.717, 1.165) is 17.4 Å². The number of carbonyl (C=O) groups is 1. The fraction of sp³-hybridized carbons (Fsp3) is 0.462. The second kappa shape index (κ2) is 6.55. The molecule has 1 aromatic rings. The van der Waals surface area contributed by atoms with Crippen LogP contribution < -0.4 is 5.73 Å². The largest absolute Gasteiger partial charge is 0.338 e. The lowest BCUT2D eigenvalue weighted by molar-refractivity contribution is -0.132. The molecule has 3 nitrogen and oxygen atoms in total. The molecule has 0 fully saturated rings. The first-order valence-electron chi connectivity index (χ1n) is 5.87. The molecule has 1 unspecified atom stereocenters. The van der Waals surface area contributed by atoms with Crippen molar-refractivity contribution in [2.45, 2.75) is 32.4 Å². The van der Waals surface area contributed by atoms with E-state index in [1.807, 2.05) is 24.0 Å². The Morgan fingerprint density at radius 2 is 2.28 bits per heavy atom. The van der Waals surface area contributed by atoms with Gasteiger partial charge in [-0.1, -0.05) is 28.1 Å². The molecule has 0 saturated heterocycles. The summed E-state index contributed by atoms with van der Waals surface area (Å²) in [5.74, 6) is 0.154. The minimum atomic E-state index is -0.0666. The third-order valence-corrected chi connectivity index (χ3v) is 3.81. The van der Waals surface area contributed by atoms with Gasteiger partial charge in [-0.3, -0.25) is 4.79 Å². The van der Waals surface area contributed by atoms with Crippen molar-refractivity contribution in [3.8, 4) is 0 Å². The lowest BCUT2D eigenvalue weighted by Gasteiger charge is -2.30. The van der Waals surface area contributed by atoms with E-state index in [1.165, 1.54) is 11.1 Å². The van der Waals surface area contributed by atoms with Crippen LogP contribution in [0.1, 0.15) is 24.5 Å². The SMILES string of the molecule is CC(N)CC(=O)N1CCc2cccc(Br)c2C1.Cl. The van der Waals surface area contributed by atoms with E-state index in [9.17, 15) is 4.79 Å². The molecule has 0 bridgehead atoms. The number of hydrogen-bond donors (Lipinski definition) is 1. The van der Waals surface area contributed by atoms with Gasteiger partial charge in [0, 0.05) is 30.0 Å². The Balaban J connectivity index is 0.00000162. The van der Waals surface area contributed by atoms with Crippen molar-refractivity contribution in [1.29, 1.82) is 0 Å². The van der Waals surface area contributed by atoms with Crippen LogP contribution in [-0.4, -0.2) is 23.4 Å². The summed E-state index contributed by atoms with van der Waals surface area (Å²) < 4.78 is 1.09. The van der Waals surface area contributed by atoms with Gasteiger partial charge in [-0.05, 0) is 30.5 Å². The van der Waals surface area contributed by atoms with Gasteiger partial charge in [0.1, 0.15) is 0 Å². The number of amides is 1. The summed E-state index contributed by atoms with van der Waals surface area (Å²) >= 11 is 3.55. The smallest absolute Gasteiger partial charge is 0.224 e. The highest BCUT2D eigenvalue weighted by Gasteiger charge is 2.22. The highest BCUT2D eigenvalue weighted by atomic mass is 79.9. The third kappa shape index (κ3) is 3.46. The molecule has 1 aliphatic heterocycles. The quantitative estimate of drug-likeness (QED) is 0.904. The molecule has 18 heavy (non-hydrogen) atoms. The first-order valence-corrected chi connectivity index (χ1v) is 6.67. The third-order valence-electron chi connectivity index (χ3n) is 3.07. The highest BCUT2D eigenvalue weighted by Crippen LogP contribution is 2.26. The predicted molar refractivity (Wildman–Crippen MR) is 78.8 cm³/mol. The van der Waals surface area contributed by atoms with Crippen LogP contribution in [0, 0.1) is 0 Å². The van der Waals surface area contributed by atoms with Crippen molar-refractivity contribution < 1.29 is 4.79 Å². The topological polar surface area (TPSA) is 46.3 Å². The van der Waals surface area contributed by atoms with Crippen LogP contribution in [0.5, 0.6) is 0 Å². The van der Waals surface area contributed by atoms with Gasteiger partial charge in [-0.25, -0.2) is 0 Å². The molecular formula is C13H18BrClN2O. The number of carbonyl (C=O) groups excluding carboxylic acids is 1. The normalized spacial score (nSPS) is 15.6. The summed E-state index contributed by atoms with van der Waals surface area (Å²) in [5, 5.41) is 0. The van der Waals surface area contributed by atoms with Crippen molar-refractivity contribution in [3.63, 3.8) is 0 Å². The van der Waals surface area contributed by atoms with E-state index in [0.29, 0.717) is 13.0 Å². The fourth-order valence-electron chi connectivity index (χ4n) is 2.16. The van der Waals surface area contributed by atoms with Gasteiger partial charge in [0.15, 0.2) is 0 Å². The van der Waals surface area contributed by atoms with Crippen LogP contribution >= 0.6 is 28.3 Å². The lowest BCUT2D eigenvalue weighted by Crippen LogP contribution is -2.38. The van der Waals surface area contributed by atoms with Gasteiger partial charge >= 0.3 is 0 Å². The van der Waals surface area contributed by atoms with Crippen LogP contribution in [0.25, 0.3) is 0 Å². The maximum atomic E-state index is 12.0. The second-order valence-corrected chi connectivity index (χ2v) is 5.48. The molecule has 1 amide bonds. The Morgan fingerprint density at radius 1 is 1.56 bits per heavy atom. The Morgan fingerprint density at radius 3 is 2.94 bits per heavy atom. The van der Waals surface area contributed by atoms with Crippen molar-refractivity contribution in [2.24, 2.45) is 5.73 Å². The Hall–Kier alpha value is -0.580. The molecule has 1 heterocycles. The predicted octanol–water partition coefficient (Wildman–Crippen LogP) is 2.49. The van der Waals surface area contributed by atoms with Crippen molar-refractivity contribution in [1.82, 2.24) is 4.90 Å². The van der Waals surface area contributed by atoms with E-state index in [4.69, 9.17) is 5.73 Å². The highest BCUT2D eigenvalue weighted by molar-refractivity contribution is 9.10. The molecule has 0 spiro atoms. The van der Waals surface area contributed by atoms with Gasteiger partial charge in [-0.2, -0.15) is 0 Å². The van der Waals surface area contributed by atoms with Gasteiger partial charge < -0.3 is 10.6 Å². The fourth-order valence-corrected chi connectivity index (χ4v) is 2.69. The zero-order valence-electron chi connectivity index (χ0n) is 10.4. The minimum absolute atomic E-state index is 0. The number of rotatable bonds is 2. The summed E-state index contributed by atoms with van der Waals surface area (Å²) in [4.78, 5) is 13.9. The standard InChI is InChI=1S/C13H17BrN2O.ClH/c1-9(15)7-13(17)16-6-5-10-3-2-4-12(14)11(10)8-16;/h2-4,9H,5-8,15H2,1H3;1H. The maximum absolute atomic E-state index is 12.0. The summed E-state index contributed by atoms with van der Waals surface area (Å²) in [6.45, 7) is 3.36. The molecule has 2 rings (SSSR count). The van der Waals surface area contributed by atoms with E-state index in [1.54, 1.807) is 0 Å². The molecule has 1 aliphatic rings. The summed E-state index contributed by atoms with van der Waals surface area (Å²) in [6, 6.07) is 6.14. The van der Waals surface area contributed by atoms with E-state index < -0.39 is 0 Å². The first kappa shape index (κ1) is 15.5. The first-order chi connectivity index (χ1) is 8.08. The van der Waals surface area contributed by atoms with Gasteiger partial charge in [0.25, 0.3) is 0 Å². The Labute approximate surface area is 122 Å². The summed E-state index contributed by atoms with van der Waals surface area (Å²) in [5.41, 5.74) is 8.24. The number of hydrogen-bond acceptors (Lipinski definition) is 2. The van der Waals surface area contributed by atoms with Gasteiger partial charge in [-0.15, -0.1) is 12.4 Å². The van der Waals surface area contributed by atoms with E-state index in [2.05, 4.69) is 22.0 Å². The number of nitrogens with two attached hydrogens (primary N) is 1. The van der Waals surface area contributed by atoms with Gasteiger partial charge in [0.2, 0.25) is 5.91 Å². The zero-order valence-corrected chi connectivity index (χ0v) is 12.8. The monoisotopic (exact) mass is 332 g/mol. The Kier molecular flexibility index (Phi) is 5.63. The average Bonchev–Trinajstić information content (AvgIpc) is 2.28. The molecule has 2 N–H and O–H groups in total. The van der Waals surface area contributed by atoms with Crippen molar-refractivity contribution >= 4 is 34.2 Å². The molecule has 0 radical (unpaired) electrons. The minimum Gasteiger partial charge on any atom is -0.338 e. The van der Waals surface area contributed by atoms with Crippen LogP contribution in [0.2, 0.25) is 0 Å². The summed E-state index contributed by atoms with van der Waals surface area (Å²) in [6.07, 6.45) is 1.36. The summed E-state index contributed by atoms with van der Waals surface area (Å²) in [7, 11) is 0. The van der Waals surface area contributed by atoms with Crippen LogP contribution in [-0.2, 0) is 17.8 Å². The average molecular weight is 334 g/mol. The maximum Gasteiger partial charge on any atom is 0.224 e. The number of benzene rings is 1. The molecule has 1 atom stereocenters. The number of fused-ring (bicyclic) bond motifs is 1. The molecule has 1 aromatic carbocycles. The zero-order chi connectivity index (χ0) is 12.4. The van der Waals surface area contributed by atoms with Gasteiger partial charge in [0.05, 0.1) is 0 Å². The number of nitrogens with zero attached hydrogens (tertiary/aromatic N) is 1. The van der Waals surface area contributed by atoms with E-state index in [-0.39, 0.29) is 24.4 Å². The molecule has 0 aliphatic carbocycles. The van der Waals surface area contributed by atoms with E-state index >= 15 is 0 Å². The van der Waals surface area contributed by atoms with Crippen LogP contribution in [0.15, 0.2) is 22.7 Å². The van der Waals surface area contributed by atoms with Crippen molar-refractivity contribution in [2.75, 3.05) is 6.54 Å². The van der Waals surface area contributed by atoms with Crippen LogP contribution in [0.3, 0.4) is 0 Å². The number of halogens is 2. The van der Waals surface area contributed by atoms with Crippen LogP contribution in [0.4, 0.5) is 0 Å². The molecule has 100 valence electrons. The van der Waals surface area contributed by atoms with Crippen molar-refractivity contribution in [3.05, 3.63) is 33.8 Å². The molecule has 0 saturated carbocycles. The second-order valence-electron chi connectivity index (χ2n) is 4.62. The molecular weight excluding hydrogens is 316 g/mol. The molecule has 0 aromatic heterocycles. The lowest BCUT2D eigenvalue weighted by atomic mass is 9.99. The Bertz CT molecular complexity index is 437.